The lowest BCUT2D eigenvalue weighted by Gasteiger charge is -2.31. The largest absolute Gasteiger partial charge is 0.398 e. The third kappa shape index (κ3) is 5.44. The monoisotopic (exact) mass is 421 g/mol. The van der Waals surface area contributed by atoms with Crippen molar-refractivity contribution < 1.29 is 9.47 Å². The van der Waals surface area contributed by atoms with E-state index in [1.807, 2.05) is 36.4 Å². The number of para-hydroxylation sites is 1. The number of hydrogen-bond acceptors (Lipinski definition) is 6. The molecule has 0 atom stereocenters. The number of methoxy groups -OCH3 is 1. The summed E-state index contributed by atoms with van der Waals surface area (Å²) in [5.74, 6) is 0. The number of aromatic nitrogens is 2. The van der Waals surface area contributed by atoms with Crippen molar-refractivity contribution in [2.75, 3.05) is 70.3 Å². The van der Waals surface area contributed by atoms with Gasteiger partial charge in [-0.25, -0.2) is 0 Å². The van der Waals surface area contributed by atoms with Crippen molar-refractivity contribution in [2.24, 2.45) is 0 Å². The number of H-pyrrole nitrogens is 1. The van der Waals surface area contributed by atoms with Gasteiger partial charge in [0.15, 0.2) is 0 Å². The van der Waals surface area contributed by atoms with Crippen LogP contribution in [0.25, 0.3) is 23.1 Å². The second-order valence-electron chi connectivity index (χ2n) is 7.73. The Morgan fingerprint density at radius 3 is 2.84 bits per heavy atom. The van der Waals surface area contributed by atoms with Crippen molar-refractivity contribution in [2.45, 2.75) is 0 Å². The topological polar surface area (TPSA) is 79.6 Å². The molecule has 2 heterocycles. The van der Waals surface area contributed by atoms with Gasteiger partial charge >= 0.3 is 0 Å². The Morgan fingerprint density at radius 1 is 1.16 bits per heavy atom. The highest BCUT2D eigenvalue weighted by molar-refractivity contribution is 5.90. The number of nitrogens with one attached hydrogen (secondary N) is 1. The number of nitrogens with two attached hydrogens (primary N) is 1. The van der Waals surface area contributed by atoms with Gasteiger partial charge in [0, 0.05) is 56.6 Å². The van der Waals surface area contributed by atoms with Crippen LogP contribution in [0.15, 0.2) is 42.5 Å². The molecule has 0 bridgehead atoms. The second kappa shape index (κ2) is 10.4. The van der Waals surface area contributed by atoms with Crippen molar-refractivity contribution >= 4 is 34.4 Å². The van der Waals surface area contributed by atoms with Crippen molar-refractivity contribution in [3.63, 3.8) is 0 Å². The lowest BCUT2D eigenvalue weighted by molar-refractivity contribution is 0.0390. The minimum Gasteiger partial charge on any atom is -0.398 e. The van der Waals surface area contributed by atoms with E-state index >= 15 is 0 Å². The van der Waals surface area contributed by atoms with Gasteiger partial charge in [-0.2, -0.15) is 5.10 Å². The predicted octanol–water partition coefficient (Wildman–Crippen LogP) is 3.10. The van der Waals surface area contributed by atoms with Gasteiger partial charge in [0.25, 0.3) is 0 Å². The number of hydrogen-bond donors (Lipinski definition) is 2. The Kier molecular flexibility index (Phi) is 7.19. The molecule has 1 aromatic heterocycles. The minimum absolute atomic E-state index is 0.678. The maximum Gasteiger partial charge on any atom is 0.0927 e. The fourth-order valence-electron chi connectivity index (χ4n) is 3.84. The molecule has 0 radical (unpaired) electrons. The SMILES string of the molecule is COCCN(CCN1CCOCC1)c1ccc(N)c(/C=C/c2n[nH]c3ccccc23)c1. The Bertz CT molecular complexity index is 1010. The number of ether oxygens (including phenoxy) is 2. The molecule has 31 heavy (non-hydrogen) atoms. The molecule has 0 aliphatic carbocycles. The minimum atomic E-state index is 0.678. The lowest BCUT2D eigenvalue weighted by atomic mass is 10.1. The molecule has 7 heteroatoms. The first-order valence-electron chi connectivity index (χ1n) is 10.8. The average Bonchev–Trinajstić information content (AvgIpc) is 3.23. The van der Waals surface area contributed by atoms with Gasteiger partial charge in [-0.05, 0) is 35.9 Å². The summed E-state index contributed by atoms with van der Waals surface area (Å²) >= 11 is 0. The first-order chi connectivity index (χ1) is 15.2. The summed E-state index contributed by atoms with van der Waals surface area (Å²) in [5.41, 5.74) is 11.1. The zero-order chi connectivity index (χ0) is 21.5. The van der Waals surface area contributed by atoms with Crippen LogP contribution in [0.1, 0.15) is 11.3 Å². The molecule has 0 saturated carbocycles. The van der Waals surface area contributed by atoms with E-state index in [9.17, 15) is 0 Å². The number of nitrogen functional groups attached to an aromatic ring is 1. The molecule has 4 rings (SSSR count). The van der Waals surface area contributed by atoms with Crippen LogP contribution in [0.2, 0.25) is 0 Å². The Labute approximate surface area is 183 Å². The van der Waals surface area contributed by atoms with E-state index < -0.39 is 0 Å². The average molecular weight is 422 g/mol. The number of anilines is 2. The number of nitrogens with zero attached hydrogens (tertiary/aromatic N) is 3. The number of aromatic amines is 1. The molecule has 1 aliphatic heterocycles. The Hall–Kier alpha value is -2.87. The lowest BCUT2D eigenvalue weighted by Crippen LogP contribution is -2.42. The van der Waals surface area contributed by atoms with Crippen molar-refractivity contribution in [3.8, 4) is 0 Å². The summed E-state index contributed by atoms with van der Waals surface area (Å²) < 4.78 is 10.8. The quantitative estimate of drug-likeness (QED) is 0.517. The number of morpholine rings is 1. The maximum atomic E-state index is 6.29. The first kappa shape index (κ1) is 21.4. The van der Waals surface area contributed by atoms with Crippen molar-refractivity contribution in [3.05, 3.63) is 53.7 Å². The van der Waals surface area contributed by atoms with E-state index in [0.717, 1.165) is 79.5 Å². The molecule has 164 valence electrons. The molecule has 0 spiro atoms. The summed E-state index contributed by atoms with van der Waals surface area (Å²) in [6, 6.07) is 14.3. The van der Waals surface area contributed by atoms with Crippen LogP contribution in [0.3, 0.4) is 0 Å². The third-order valence-electron chi connectivity index (χ3n) is 5.71. The number of benzene rings is 2. The fourth-order valence-corrected chi connectivity index (χ4v) is 3.84. The summed E-state index contributed by atoms with van der Waals surface area (Å²) in [6.45, 7) is 7.06. The van der Waals surface area contributed by atoms with Gasteiger partial charge in [-0.3, -0.25) is 10.00 Å². The number of fused-ring (bicyclic) bond motifs is 1. The molecule has 1 saturated heterocycles. The standard InChI is InChI=1S/C24H31N5O2/c1-30-15-14-29(11-10-28-12-16-31-17-13-28)20-7-8-22(25)19(18-20)6-9-24-21-4-2-3-5-23(21)26-27-24/h2-9,18H,10-17,25H2,1H3,(H,26,27)/b9-6+. The van der Waals surface area contributed by atoms with Crippen LogP contribution in [0.5, 0.6) is 0 Å². The van der Waals surface area contributed by atoms with Gasteiger partial charge in [0.2, 0.25) is 0 Å². The van der Waals surface area contributed by atoms with E-state index in [4.69, 9.17) is 15.2 Å². The summed E-state index contributed by atoms with van der Waals surface area (Å²) in [7, 11) is 1.74. The first-order valence-corrected chi connectivity index (χ1v) is 10.8. The van der Waals surface area contributed by atoms with Crippen molar-refractivity contribution in [1.29, 1.82) is 0 Å². The van der Waals surface area contributed by atoms with Crippen molar-refractivity contribution in [1.82, 2.24) is 15.1 Å². The highest BCUT2D eigenvalue weighted by Gasteiger charge is 2.14. The zero-order valence-electron chi connectivity index (χ0n) is 18.1. The van der Waals surface area contributed by atoms with E-state index in [1.165, 1.54) is 0 Å². The molecule has 0 unspecified atom stereocenters. The van der Waals surface area contributed by atoms with Crippen LogP contribution in [-0.4, -0.2) is 74.8 Å². The van der Waals surface area contributed by atoms with E-state index in [2.05, 4.69) is 38.2 Å². The Morgan fingerprint density at radius 2 is 2.00 bits per heavy atom. The van der Waals surface area contributed by atoms with Crippen LogP contribution in [-0.2, 0) is 9.47 Å². The van der Waals surface area contributed by atoms with Gasteiger partial charge in [-0.1, -0.05) is 24.3 Å². The molecular formula is C24H31N5O2. The van der Waals surface area contributed by atoms with Crippen LogP contribution >= 0.6 is 0 Å². The Balaban J connectivity index is 1.52. The highest BCUT2D eigenvalue weighted by Crippen LogP contribution is 2.24. The summed E-state index contributed by atoms with van der Waals surface area (Å²) in [5, 5.41) is 8.59. The fraction of sp³-hybridized carbons (Fsp3) is 0.375. The maximum absolute atomic E-state index is 6.29. The van der Waals surface area contributed by atoms with Gasteiger partial charge < -0.3 is 20.1 Å². The van der Waals surface area contributed by atoms with E-state index in [-0.39, 0.29) is 0 Å². The molecule has 1 aliphatic rings. The predicted molar refractivity (Wildman–Crippen MR) is 127 cm³/mol. The molecule has 7 nitrogen and oxygen atoms in total. The van der Waals surface area contributed by atoms with E-state index in [0.29, 0.717) is 6.61 Å². The smallest absolute Gasteiger partial charge is 0.0927 e. The molecular weight excluding hydrogens is 390 g/mol. The van der Waals surface area contributed by atoms with Gasteiger partial charge in [-0.15, -0.1) is 0 Å². The van der Waals surface area contributed by atoms with Crippen LogP contribution in [0, 0.1) is 0 Å². The van der Waals surface area contributed by atoms with Gasteiger partial charge in [0.05, 0.1) is 31.0 Å². The van der Waals surface area contributed by atoms with Gasteiger partial charge in [0.1, 0.15) is 0 Å². The summed E-state index contributed by atoms with van der Waals surface area (Å²) in [6.07, 6.45) is 4.06. The molecule has 1 fully saturated rings. The molecule has 2 aromatic carbocycles. The second-order valence-corrected chi connectivity index (χ2v) is 7.73. The normalized spacial score (nSPS) is 15.1. The summed E-state index contributed by atoms with van der Waals surface area (Å²) in [4.78, 5) is 4.81. The molecule has 3 aromatic rings. The molecule has 3 N–H and O–H groups in total. The number of rotatable bonds is 9. The third-order valence-corrected chi connectivity index (χ3v) is 5.71. The molecule has 0 amide bonds. The van der Waals surface area contributed by atoms with E-state index in [1.54, 1.807) is 7.11 Å². The van der Waals surface area contributed by atoms with Crippen LogP contribution < -0.4 is 10.6 Å². The zero-order valence-corrected chi connectivity index (χ0v) is 18.1. The highest BCUT2D eigenvalue weighted by atomic mass is 16.5. The van der Waals surface area contributed by atoms with Crippen LogP contribution in [0.4, 0.5) is 11.4 Å².